The second kappa shape index (κ2) is 7.21. The molecule has 0 N–H and O–H groups in total. The van der Waals surface area contributed by atoms with Crippen LogP contribution in [0.25, 0.3) is 32.7 Å². The third-order valence-corrected chi connectivity index (χ3v) is 11.9. The van der Waals surface area contributed by atoms with Crippen LogP contribution in [0.3, 0.4) is 0 Å². The predicted molar refractivity (Wildman–Crippen MR) is 144 cm³/mol. The SMILES string of the molecule is Cc1ccc2c3c(c4ccccc4c2c1)-c1ccccc1[Si]3(c1ccccn1)c1ccccn1. The van der Waals surface area contributed by atoms with Crippen LogP contribution in [0.4, 0.5) is 0 Å². The maximum atomic E-state index is 5.03. The molecule has 2 nitrogen and oxygen atoms in total. The Morgan fingerprint density at radius 2 is 1.21 bits per heavy atom. The molecule has 0 fully saturated rings. The minimum absolute atomic E-state index is 1.14. The molecule has 2 aromatic heterocycles. The van der Waals surface area contributed by atoms with Crippen molar-refractivity contribution in [3.8, 4) is 11.1 Å². The number of rotatable bonds is 2. The van der Waals surface area contributed by atoms with E-state index in [0.29, 0.717) is 0 Å². The van der Waals surface area contributed by atoms with Crippen molar-refractivity contribution in [2.75, 3.05) is 0 Å². The first-order valence-corrected chi connectivity index (χ1v) is 13.7. The van der Waals surface area contributed by atoms with Crippen LogP contribution in [0.5, 0.6) is 0 Å². The second-order valence-electron chi connectivity index (χ2n) is 9.07. The first kappa shape index (κ1) is 19.4. The van der Waals surface area contributed by atoms with Gasteiger partial charge in [-0.1, -0.05) is 84.4 Å². The fraction of sp³-hybridized carbons (Fsp3) is 0.0323. The maximum absolute atomic E-state index is 5.03. The fourth-order valence-electron chi connectivity index (χ4n) is 5.97. The quantitative estimate of drug-likeness (QED) is 0.287. The van der Waals surface area contributed by atoms with Gasteiger partial charge in [-0.3, -0.25) is 9.97 Å². The zero-order valence-electron chi connectivity index (χ0n) is 18.9. The van der Waals surface area contributed by atoms with E-state index in [4.69, 9.17) is 9.97 Å². The molecule has 34 heavy (non-hydrogen) atoms. The highest BCUT2D eigenvalue weighted by atomic mass is 28.3. The highest BCUT2D eigenvalue weighted by Crippen LogP contribution is 2.39. The Bertz CT molecular complexity index is 1670. The van der Waals surface area contributed by atoms with E-state index in [1.165, 1.54) is 48.6 Å². The van der Waals surface area contributed by atoms with Crippen LogP contribution >= 0.6 is 0 Å². The lowest BCUT2D eigenvalue weighted by Crippen LogP contribution is -2.74. The zero-order chi connectivity index (χ0) is 22.7. The van der Waals surface area contributed by atoms with Crippen LogP contribution in [-0.4, -0.2) is 18.0 Å². The largest absolute Gasteiger partial charge is 0.265 e. The molecule has 0 unspecified atom stereocenters. The van der Waals surface area contributed by atoms with Gasteiger partial charge in [0.25, 0.3) is 0 Å². The van der Waals surface area contributed by atoms with Crippen molar-refractivity contribution in [1.29, 1.82) is 0 Å². The molecule has 0 atom stereocenters. The van der Waals surface area contributed by atoms with Crippen LogP contribution in [0.2, 0.25) is 0 Å². The molecule has 0 saturated carbocycles. The molecule has 0 aliphatic carbocycles. The van der Waals surface area contributed by atoms with Gasteiger partial charge in [-0.15, -0.1) is 0 Å². The lowest BCUT2D eigenvalue weighted by atomic mass is 9.92. The molecule has 6 aromatic rings. The molecule has 3 heterocycles. The molecule has 0 radical (unpaired) electrons. The van der Waals surface area contributed by atoms with Crippen molar-refractivity contribution >= 4 is 50.6 Å². The predicted octanol–water partition coefficient (Wildman–Crippen LogP) is 4.45. The first-order chi connectivity index (χ1) is 16.8. The Morgan fingerprint density at radius 1 is 0.559 bits per heavy atom. The summed E-state index contributed by atoms with van der Waals surface area (Å²) in [5.41, 5.74) is 3.95. The van der Waals surface area contributed by atoms with Gasteiger partial charge in [-0.25, -0.2) is 0 Å². The van der Waals surface area contributed by atoms with E-state index in [1.807, 2.05) is 24.5 Å². The van der Waals surface area contributed by atoms with Gasteiger partial charge in [0, 0.05) is 23.0 Å². The number of nitrogens with zero attached hydrogens (tertiary/aromatic N) is 2. The van der Waals surface area contributed by atoms with Gasteiger partial charge in [-0.2, -0.15) is 0 Å². The number of aromatic nitrogens is 2. The lowest BCUT2D eigenvalue weighted by molar-refractivity contribution is 1.35. The minimum Gasteiger partial charge on any atom is -0.265 e. The molecule has 7 rings (SSSR count). The van der Waals surface area contributed by atoms with Gasteiger partial charge < -0.3 is 0 Å². The summed E-state index contributed by atoms with van der Waals surface area (Å²) in [6.07, 6.45) is 3.86. The third-order valence-electron chi connectivity index (χ3n) is 7.25. The normalized spacial score (nSPS) is 13.7. The summed E-state index contributed by atoms with van der Waals surface area (Å²) in [7, 11) is -2.75. The zero-order valence-corrected chi connectivity index (χ0v) is 19.9. The molecule has 1 aliphatic rings. The average molecular weight is 451 g/mol. The maximum Gasteiger partial charge on any atom is 0.225 e. The van der Waals surface area contributed by atoms with Crippen molar-refractivity contribution < 1.29 is 0 Å². The van der Waals surface area contributed by atoms with Crippen molar-refractivity contribution in [1.82, 2.24) is 9.97 Å². The van der Waals surface area contributed by atoms with Crippen LogP contribution in [0, 0.1) is 6.92 Å². The summed E-state index contributed by atoms with van der Waals surface area (Å²) in [5, 5.41) is 10.3. The molecule has 0 saturated heterocycles. The van der Waals surface area contributed by atoms with E-state index >= 15 is 0 Å². The Morgan fingerprint density at radius 3 is 1.91 bits per heavy atom. The van der Waals surface area contributed by atoms with Crippen molar-refractivity contribution in [2.24, 2.45) is 0 Å². The van der Waals surface area contributed by atoms with Gasteiger partial charge in [0.15, 0.2) is 0 Å². The molecule has 0 amide bonds. The number of aryl methyl sites for hydroxylation is 1. The van der Waals surface area contributed by atoms with Crippen LogP contribution < -0.4 is 21.0 Å². The third kappa shape index (κ3) is 2.45. The minimum atomic E-state index is -2.75. The molecule has 3 heteroatoms. The van der Waals surface area contributed by atoms with Gasteiger partial charge in [0.2, 0.25) is 8.07 Å². The van der Waals surface area contributed by atoms with E-state index in [-0.39, 0.29) is 0 Å². The van der Waals surface area contributed by atoms with Gasteiger partial charge in [0.1, 0.15) is 0 Å². The molecule has 0 spiro atoms. The van der Waals surface area contributed by atoms with Gasteiger partial charge in [0.05, 0.1) is 0 Å². The molecular formula is C31H22N2Si. The highest BCUT2D eigenvalue weighted by Gasteiger charge is 2.52. The fourth-order valence-corrected chi connectivity index (χ4v) is 11.0. The number of hydrogen-bond donors (Lipinski definition) is 0. The molecular weight excluding hydrogens is 428 g/mol. The molecule has 4 aromatic carbocycles. The summed E-state index contributed by atoms with van der Waals surface area (Å²) in [6, 6.07) is 37.4. The molecule has 160 valence electrons. The van der Waals surface area contributed by atoms with Crippen LogP contribution in [0.15, 0.2) is 116 Å². The van der Waals surface area contributed by atoms with Crippen molar-refractivity contribution in [3.05, 3.63) is 121 Å². The number of fused-ring (bicyclic) bond motifs is 8. The molecule has 1 aliphatic heterocycles. The Hall–Kier alpha value is -4.08. The topological polar surface area (TPSA) is 25.8 Å². The Kier molecular flexibility index (Phi) is 4.11. The van der Waals surface area contributed by atoms with Crippen LogP contribution in [0.1, 0.15) is 5.56 Å². The number of hydrogen-bond acceptors (Lipinski definition) is 2. The van der Waals surface area contributed by atoms with Gasteiger partial charge in [-0.05, 0) is 74.2 Å². The monoisotopic (exact) mass is 450 g/mol. The summed E-state index contributed by atoms with van der Waals surface area (Å²) in [6.45, 7) is 2.18. The van der Waals surface area contributed by atoms with E-state index in [2.05, 4.69) is 97.9 Å². The summed E-state index contributed by atoms with van der Waals surface area (Å²) < 4.78 is 0. The molecule has 0 bridgehead atoms. The number of pyridine rings is 2. The number of benzene rings is 4. The Labute approximate surface area is 199 Å². The lowest BCUT2D eigenvalue weighted by Gasteiger charge is -2.30. The van der Waals surface area contributed by atoms with E-state index < -0.39 is 8.07 Å². The summed E-state index contributed by atoms with van der Waals surface area (Å²) in [5.74, 6) is 0. The summed E-state index contributed by atoms with van der Waals surface area (Å²) >= 11 is 0. The van der Waals surface area contributed by atoms with Crippen LogP contribution in [-0.2, 0) is 0 Å². The standard InChI is InChI=1S/C31H22N2Si/c1-21-16-17-24-26(20-21)22-10-2-3-11-23(22)30-25-12-4-5-13-27(25)34(31(24)30,28-14-6-8-18-32-28)29-15-7-9-19-33-29/h2-20H,1H3. The van der Waals surface area contributed by atoms with Crippen molar-refractivity contribution in [3.63, 3.8) is 0 Å². The second-order valence-corrected chi connectivity index (χ2v) is 12.6. The van der Waals surface area contributed by atoms with Crippen molar-refractivity contribution in [2.45, 2.75) is 6.92 Å². The van der Waals surface area contributed by atoms with E-state index in [9.17, 15) is 0 Å². The summed E-state index contributed by atoms with van der Waals surface area (Å²) in [4.78, 5) is 10.1. The average Bonchev–Trinajstić information content (AvgIpc) is 3.22. The highest BCUT2D eigenvalue weighted by molar-refractivity contribution is 7.22. The van der Waals surface area contributed by atoms with Gasteiger partial charge >= 0.3 is 0 Å². The smallest absolute Gasteiger partial charge is 0.225 e. The first-order valence-electron chi connectivity index (χ1n) is 11.7. The Balaban J connectivity index is 1.81. The van der Waals surface area contributed by atoms with E-state index in [0.717, 1.165) is 10.6 Å². The van der Waals surface area contributed by atoms with E-state index in [1.54, 1.807) is 0 Å².